The molecule has 0 aliphatic carbocycles. The average Bonchev–Trinajstić information content (AvgIpc) is 3.21. The first kappa shape index (κ1) is 22.1. The molecule has 0 bridgehead atoms. The molecule has 0 aliphatic heterocycles. The van der Waals surface area contributed by atoms with Crippen molar-refractivity contribution in [3.05, 3.63) is 71.9 Å². The molecule has 0 fully saturated rings. The van der Waals surface area contributed by atoms with Crippen LogP contribution in [0, 0.1) is 0 Å². The van der Waals surface area contributed by atoms with Gasteiger partial charge in [0.15, 0.2) is 0 Å². The second kappa shape index (κ2) is 10.4. The van der Waals surface area contributed by atoms with Crippen molar-refractivity contribution in [3.63, 3.8) is 0 Å². The molecule has 0 saturated heterocycles. The molecule has 0 aliphatic rings. The summed E-state index contributed by atoms with van der Waals surface area (Å²) >= 11 is 0. The summed E-state index contributed by atoms with van der Waals surface area (Å²) in [7, 11) is 1.58. The molecule has 2 amide bonds. The Morgan fingerprint density at radius 1 is 1.10 bits per heavy atom. The Morgan fingerprint density at radius 2 is 1.81 bits per heavy atom. The normalized spacial score (nSPS) is 11.6. The average molecular weight is 421 g/mol. The van der Waals surface area contributed by atoms with E-state index in [9.17, 15) is 9.59 Å². The highest BCUT2D eigenvalue weighted by Gasteiger charge is 2.23. The number of methoxy groups -OCH3 is 1. The van der Waals surface area contributed by atoms with Gasteiger partial charge in [-0.25, -0.2) is 0 Å². The first-order valence-corrected chi connectivity index (χ1v) is 10.4. The maximum atomic E-state index is 13.1. The summed E-state index contributed by atoms with van der Waals surface area (Å²) in [4.78, 5) is 25.3. The number of nitrogens with zero attached hydrogens (tertiary/aromatic N) is 2. The van der Waals surface area contributed by atoms with Gasteiger partial charge in [0, 0.05) is 18.3 Å². The van der Waals surface area contributed by atoms with Crippen LogP contribution < -0.4 is 15.4 Å². The van der Waals surface area contributed by atoms with Crippen LogP contribution in [0.5, 0.6) is 5.75 Å². The molecule has 162 valence electrons. The largest absolute Gasteiger partial charge is 0.496 e. The van der Waals surface area contributed by atoms with Crippen LogP contribution in [0.3, 0.4) is 0 Å². The monoisotopic (exact) mass is 420 g/mol. The maximum absolute atomic E-state index is 13.1. The van der Waals surface area contributed by atoms with E-state index in [1.807, 2.05) is 61.5 Å². The van der Waals surface area contributed by atoms with Crippen LogP contribution >= 0.6 is 0 Å². The molecular weight excluding hydrogens is 392 g/mol. The molecule has 7 nitrogen and oxygen atoms in total. The number of ether oxygens (including phenoxy) is 1. The summed E-state index contributed by atoms with van der Waals surface area (Å²) in [6.07, 6.45) is 2.54. The zero-order valence-electron chi connectivity index (χ0n) is 18.1. The van der Waals surface area contributed by atoms with Crippen LogP contribution in [-0.4, -0.2) is 41.3 Å². The molecular formula is C24H28N4O3. The number of carbonyl (C=O) groups is 2. The number of amides is 2. The molecule has 0 radical (unpaired) electrons. The van der Waals surface area contributed by atoms with Crippen LogP contribution in [0.15, 0.2) is 60.8 Å². The number of rotatable bonds is 9. The third-order valence-corrected chi connectivity index (χ3v) is 4.85. The van der Waals surface area contributed by atoms with Gasteiger partial charge in [0.2, 0.25) is 5.91 Å². The Bertz CT molecular complexity index is 1030. The lowest BCUT2D eigenvalue weighted by Gasteiger charge is -2.14. The Kier molecular flexibility index (Phi) is 7.43. The van der Waals surface area contributed by atoms with Crippen molar-refractivity contribution in [2.75, 3.05) is 13.7 Å². The predicted molar refractivity (Wildman–Crippen MR) is 120 cm³/mol. The van der Waals surface area contributed by atoms with Gasteiger partial charge in [0.25, 0.3) is 5.91 Å². The van der Waals surface area contributed by atoms with E-state index in [1.165, 1.54) is 0 Å². The maximum Gasteiger partial charge on any atom is 0.255 e. The molecule has 0 spiro atoms. The van der Waals surface area contributed by atoms with E-state index in [4.69, 9.17) is 4.74 Å². The van der Waals surface area contributed by atoms with Gasteiger partial charge in [-0.3, -0.25) is 14.3 Å². The number of benzene rings is 2. The molecule has 0 saturated carbocycles. The Labute approximate surface area is 182 Å². The Hall–Kier alpha value is -3.61. The zero-order valence-corrected chi connectivity index (χ0v) is 18.1. The zero-order chi connectivity index (χ0) is 22.2. The van der Waals surface area contributed by atoms with Crippen LogP contribution in [0.25, 0.3) is 11.3 Å². The van der Waals surface area contributed by atoms with Crippen LogP contribution in [0.2, 0.25) is 0 Å². The molecule has 1 atom stereocenters. The molecule has 1 aromatic heterocycles. The highest BCUT2D eigenvalue weighted by Crippen LogP contribution is 2.31. The van der Waals surface area contributed by atoms with Crippen LogP contribution in [0.4, 0.5) is 0 Å². The minimum absolute atomic E-state index is 0.217. The highest BCUT2D eigenvalue weighted by atomic mass is 16.5. The van der Waals surface area contributed by atoms with Gasteiger partial charge >= 0.3 is 0 Å². The van der Waals surface area contributed by atoms with Gasteiger partial charge in [-0.2, -0.15) is 5.10 Å². The van der Waals surface area contributed by atoms with Crippen molar-refractivity contribution in [1.29, 1.82) is 0 Å². The van der Waals surface area contributed by atoms with Crippen LogP contribution in [0.1, 0.15) is 36.2 Å². The molecule has 3 aromatic rings. The van der Waals surface area contributed by atoms with Crippen molar-refractivity contribution >= 4 is 11.8 Å². The van der Waals surface area contributed by atoms with Gasteiger partial charge in [-0.15, -0.1) is 0 Å². The van der Waals surface area contributed by atoms with Gasteiger partial charge in [-0.1, -0.05) is 49.4 Å². The summed E-state index contributed by atoms with van der Waals surface area (Å²) in [5, 5.41) is 10.3. The Morgan fingerprint density at radius 3 is 2.52 bits per heavy atom. The minimum Gasteiger partial charge on any atom is -0.496 e. The number of nitrogens with one attached hydrogen (secondary N) is 2. The third-order valence-electron chi connectivity index (χ3n) is 4.85. The number of hydrogen-bond acceptors (Lipinski definition) is 4. The Balaban J connectivity index is 1.93. The lowest BCUT2D eigenvalue weighted by molar-refractivity contribution is -0.122. The lowest BCUT2D eigenvalue weighted by Crippen LogP contribution is -2.45. The van der Waals surface area contributed by atoms with E-state index in [1.54, 1.807) is 24.9 Å². The van der Waals surface area contributed by atoms with Gasteiger partial charge < -0.3 is 15.4 Å². The SMILES string of the molecule is CCCNC(=O)[C@H](C)NC(=O)c1cn(Cc2ccccc2)nc1-c1ccccc1OC. The third kappa shape index (κ3) is 5.51. The molecule has 1 heterocycles. The molecule has 3 rings (SSSR count). The molecule has 31 heavy (non-hydrogen) atoms. The van der Waals surface area contributed by atoms with Gasteiger partial charge in [-0.05, 0) is 31.0 Å². The second-order valence-corrected chi connectivity index (χ2v) is 7.26. The smallest absolute Gasteiger partial charge is 0.255 e. The second-order valence-electron chi connectivity index (χ2n) is 7.26. The fraction of sp³-hybridized carbons (Fsp3) is 0.292. The van der Waals surface area contributed by atoms with Gasteiger partial charge in [0.1, 0.15) is 17.5 Å². The fourth-order valence-electron chi connectivity index (χ4n) is 3.22. The van der Waals surface area contributed by atoms with E-state index in [-0.39, 0.29) is 11.8 Å². The summed E-state index contributed by atoms with van der Waals surface area (Å²) in [6, 6.07) is 16.7. The van der Waals surface area contributed by atoms with Crippen molar-refractivity contribution < 1.29 is 14.3 Å². The van der Waals surface area contributed by atoms with E-state index >= 15 is 0 Å². The summed E-state index contributed by atoms with van der Waals surface area (Å²) in [6.45, 7) is 4.73. The highest BCUT2D eigenvalue weighted by molar-refractivity contribution is 6.02. The first-order chi connectivity index (χ1) is 15.0. The van der Waals surface area contributed by atoms with E-state index in [0.717, 1.165) is 12.0 Å². The number of aromatic nitrogens is 2. The van der Waals surface area contributed by atoms with E-state index < -0.39 is 6.04 Å². The fourth-order valence-corrected chi connectivity index (χ4v) is 3.22. The first-order valence-electron chi connectivity index (χ1n) is 10.4. The quantitative estimate of drug-likeness (QED) is 0.556. The minimum atomic E-state index is -0.665. The van der Waals surface area contributed by atoms with Crippen molar-refractivity contribution in [2.45, 2.75) is 32.9 Å². The lowest BCUT2D eigenvalue weighted by atomic mass is 10.1. The van der Waals surface area contributed by atoms with E-state index in [2.05, 4.69) is 15.7 Å². The summed E-state index contributed by atoms with van der Waals surface area (Å²) in [5.74, 6) is 0.0420. The number of carbonyl (C=O) groups excluding carboxylic acids is 2. The van der Waals surface area contributed by atoms with Crippen molar-refractivity contribution in [1.82, 2.24) is 20.4 Å². The summed E-state index contributed by atoms with van der Waals surface area (Å²) < 4.78 is 7.21. The number of para-hydroxylation sites is 1. The summed E-state index contributed by atoms with van der Waals surface area (Å²) in [5.41, 5.74) is 2.67. The predicted octanol–water partition coefficient (Wildman–Crippen LogP) is 3.25. The van der Waals surface area contributed by atoms with E-state index in [0.29, 0.717) is 35.7 Å². The standard InChI is InChI=1S/C24H28N4O3/c1-4-14-25-23(29)17(2)26-24(30)20-16-28(15-18-10-6-5-7-11-18)27-22(20)19-12-8-9-13-21(19)31-3/h5-13,16-17H,4,14-15H2,1-3H3,(H,25,29)(H,26,30)/t17-/m0/s1. The topological polar surface area (TPSA) is 85.3 Å². The van der Waals surface area contributed by atoms with Crippen molar-refractivity contribution in [2.24, 2.45) is 0 Å². The van der Waals surface area contributed by atoms with Gasteiger partial charge in [0.05, 0.1) is 19.2 Å². The molecule has 2 aromatic carbocycles. The number of hydrogen-bond donors (Lipinski definition) is 2. The van der Waals surface area contributed by atoms with Crippen molar-refractivity contribution in [3.8, 4) is 17.0 Å². The molecule has 7 heteroatoms. The molecule has 0 unspecified atom stereocenters. The molecule has 2 N–H and O–H groups in total. The van der Waals surface area contributed by atoms with Crippen LogP contribution in [-0.2, 0) is 11.3 Å².